The van der Waals surface area contributed by atoms with E-state index in [9.17, 15) is 26.4 Å². The van der Waals surface area contributed by atoms with Gasteiger partial charge in [-0.25, -0.2) is 0 Å². The summed E-state index contributed by atoms with van der Waals surface area (Å²) in [5.41, 5.74) is -5.46. The average molecular weight is 316 g/mol. The van der Waals surface area contributed by atoms with E-state index in [-0.39, 0.29) is 30.4 Å². The molecule has 0 aromatic rings. The fourth-order valence-electron chi connectivity index (χ4n) is 2.07. The molecular weight excluding hydrogens is 301 g/mol. The van der Waals surface area contributed by atoms with Crippen LogP contribution in [0.5, 0.6) is 0 Å². The minimum atomic E-state index is -5.65. The zero-order chi connectivity index (χ0) is 15.6. The van der Waals surface area contributed by atoms with Crippen LogP contribution in [0, 0.1) is 11.8 Å². The molecule has 1 aliphatic rings. The lowest BCUT2D eigenvalue weighted by atomic mass is 9.90. The van der Waals surface area contributed by atoms with Gasteiger partial charge in [-0.15, -0.1) is 0 Å². The highest BCUT2D eigenvalue weighted by Gasteiger charge is 2.49. The molecule has 0 aliphatic heterocycles. The molecule has 20 heavy (non-hydrogen) atoms. The minimum Gasteiger partial charge on any atom is -0.469 e. The van der Waals surface area contributed by atoms with Gasteiger partial charge >= 0.3 is 21.6 Å². The van der Waals surface area contributed by atoms with Crippen LogP contribution in [0.25, 0.3) is 0 Å². The molecule has 5 nitrogen and oxygen atoms in total. The molecule has 0 unspecified atom stereocenters. The van der Waals surface area contributed by atoms with E-state index in [1.165, 1.54) is 13.2 Å². The van der Waals surface area contributed by atoms with Gasteiger partial charge < -0.3 is 8.92 Å². The van der Waals surface area contributed by atoms with Crippen molar-refractivity contribution >= 4 is 16.1 Å². The zero-order valence-corrected chi connectivity index (χ0v) is 11.8. The van der Waals surface area contributed by atoms with E-state index >= 15 is 0 Å². The van der Waals surface area contributed by atoms with Gasteiger partial charge in [-0.05, 0) is 24.3 Å². The molecule has 0 aromatic heterocycles. The number of allylic oxidation sites excluding steroid dienone is 2. The maximum atomic E-state index is 12.2. The van der Waals surface area contributed by atoms with E-state index in [0.717, 1.165) is 0 Å². The van der Waals surface area contributed by atoms with Crippen LogP contribution in [0.1, 0.15) is 26.2 Å². The molecule has 1 aliphatic carbocycles. The van der Waals surface area contributed by atoms with Crippen molar-refractivity contribution < 1.29 is 35.3 Å². The SMILES string of the molecule is CC[C@@H]1C=C(OS(=O)(=O)C(F)(F)F)C[C@H]1CC(=O)OC. The second kappa shape index (κ2) is 6.02. The number of methoxy groups -OCH3 is 1. The van der Waals surface area contributed by atoms with Crippen molar-refractivity contribution in [3.8, 4) is 0 Å². The lowest BCUT2D eigenvalue weighted by Gasteiger charge is -2.15. The molecule has 0 fully saturated rings. The molecule has 0 aromatic carbocycles. The van der Waals surface area contributed by atoms with Gasteiger partial charge in [0.15, 0.2) is 0 Å². The Morgan fingerprint density at radius 3 is 2.50 bits per heavy atom. The van der Waals surface area contributed by atoms with Gasteiger partial charge in [-0.2, -0.15) is 21.6 Å². The number of hydrogen-bond acceptors (Lipinski definition) is 5. The second-order valence-corrected chi connectivity index (χ2v) is 5.97. The number of carbonyl (C=O) groups excluding carboxylic acids is 1. The van der Waals surface area contributed by atoms with Crippen LogP contribution in [0.15, 0.2) is 11.8 Å². The van der Waals surface area contributed by atoms with E-state index in [2.05, 4.69) is 8.92 Å². The predicted octanol–water partition coefficient (Wildman–Crippen LogP) is 2.35. The Labute approximate surface area is 114 Å². The number of alkyl halides is 3. The average Bonchev–Trinajstić information content (AvgIpc) is 2.68. The fourth-order valence-corrected chi connectivity index (χ4v) is 2.57. The summed E-state index contributed by atoms with van der Waals surface area (Å²) in [6, 6.07) is 0. The topological polar surface area (TPSA) is 69.7 Å². The van der Waals surface area contributed by atoms with Crippen LogP contribution >= 0.6 is 0 Å². The molecule has 2 atom stereocenters. The van der Waals surface area contributed by atoms with Gasteiger partial charge in [0.05, 0.1) is 7.11 Å². The third-order valence-corrected chi connectivity index (χ3v) is 4.10. The van der Waals surface area contributed by atoms with Crippen LogP contribution in [0.2, 0.25) is 0 Å². The van der Waals surface area contributed by atoms with Gasteiger partial charge in [0.2, 0.25) is 0 Å². The van der Waals surface area contributed by atoms with E-state index in [1.54, 1.807) is 6.92 Å². The van der Waals surface area contributed by atoms with E-state index in [4.69, 9.17) is 0 Å². The smallest absolute Gasteiger partial charge is 0.469 e. The number of esters is 1. The monoisotopic (exact) mass is 316 g/mol. The third-order valence-electron chi connectivity index (χ3n) is 3.10. The second-order valence-electron chi connectivity index (χ2n) is 4.43. The zero-order valence-electron chi connectivity index (χ0n) is 10.9. The van der Waals surface area contributed by atoms with Crippen molar-refractivity contribution in [2.45, 2.75) is 31.7 Å². The lowest BCUT2D eigenvalue weighted by Crippen LogP contribution is -2.25. The Kier molecular flexibility index (Phi) is 5.06. The quantitative estimate of drug-likeness (QED) is 0.442. The first-order valence-electron chi connectivity index (χ1n) is 5.89. The van der Waals surface area contributed by atoms with E-state index in [0.29, 0.717) is 6.42 Å². The number of ether oxygens (including phenoxy) is 1. The summed E-state index contributed by atoms with van der Waals surface area (Å²) >= 11 is 0. The minimum absolute atomic E-state index is 0.00440. The molecule has 0 radical (unpaired) electrons. The number of carbonyl (C=O) groups is 1. The highest BCUT2D eigenvalue weighted by atomic mass is 32.2. The first-order chi connectivity index (χ1) is 9.10. The molecule has 0 bridgehead atoms. The Morgan fingerprint density at radius 1 is 1.45 bits per heavy atom. The van der Waals surface area contributed by atoms with Gasteiger partial charge in [0, 0.05) is 12.8 Å². The fraction of sp³-hybridized carbons (Fsp3) is 0.727. The van der Waals surface area contributed by atoms with Gasteiger partial charge in [-0.1, -0.05) is 6.92 Å². The molecule has 0 heterocycles. The summed E-state index contributed by atoms with van der Waals surface area (Å²) in [6.45, 7) is 1.78. The molecule has 0 spiro atoms. The molecule has 0 saturated carbocycles. The van der Waals surface area contributed by atoms with Gasteiger partial charge in [0.1, 0.15) is 5.76 Å². The maximum absolute atomic E-state index is 12.2. The number of rotatable bonds is 5. The highest BCUT2D eigenvalue weighted by Crippen LogP contribution is 2.38. The Hall–Kier alpha value is -1.25. The van der Waals surface area contributed by atoms with Crippen LogP contribution in [0.4, 0.5) is 13.2 Å². The standard InChI is InChI=1S/C11H15F3O5S/c1-3-7-4-9(5-8(7)6-10(15)18-2)19-20(16,17)11(12,13)14/h4,7-8H,3,5-6H2,1-2H3/t7-,8+/m1/s1. The van der Waals surface area contributed by atoms with Crippen molar-refractivity contribution in [1.29, 1.82) is 0 Å². The van der Waals surface area contributed by atoms with E-state index < -0.39 is 21.6 Å². The lowest BCUT2D eigenvalue weighted by molar-refractivity contribution is -0.142. The molecule has 0 N–H and O–H groups in total. The Bertz CT molecular complexity index is 495. The molecule has 0 amide bonds. The third kappa shape index (κ3) is 3.87. The van der Waals surface area contributed by atoms with Crippen LogP contribution in [-0.4, -0.2) is 27.0 Å². The van der Waals surface area contributed by atoms with Crippen molar-refractivity contribution in [1.82, 2.24) is 0 Å². The van der Waals surface area contributed by atoms with Crippen molar-refractivity contribution in [3.05, 3.63) is 11.8 Å². The van der Waals surface area contributed by atoms with Crippen molar-refractivity contribution in [2.24, 2.45) is 11.8 Å². The first kappa shape index (κ1) is 16.8. The predicted molar refractivity (Wildman–Crippen MR) is 62.7 cm³/mol. The molecule has 9 heteroatoms. The molecule has 0 saturated heterocycles. The summed E-state index contributed by atoms with van der Waals surface area (Å²) in [6.07, 6.45) is 1.85. The van der Waals surface area contributed by atoms with Crippen LogP contribution in [-0.2, 0) is 23.8 Å². The molecule has 116 valence electrons. The molecule has 1 rings (SSSR count). The number of hydrogen-bond donors (Lipinski definition) is 0. The summed E-state index contributed by atoms with van der Waals surface area (Å²) in [4.78, 5) is 11.2. The Morgan fingerprint density at radius 2 is 2.05 bits per heavy atom. The summed E-state index contributed by atoms with van der Waals surface area (Å²) in [5.74, 6) is -1.30. The largest absolute Gasteiger partial charge is 0.534 e. The van der Waals surface area contributed by atoms with Crippen LogP contribution < -0.4 is 0 Å². The normalized spacial score (nSPS) is 23.4. The van der Waals surface area contributed by atoms with Gasteiger partial charge in [0.25, 0.3) is 0 Å². The Balaban J connectivity index is 2.78. The highest BCUT2D eigenvalue weighted by molar-refractivity contribution is 7.87. The first-order valence-corrected chi connectivity index (χ1v) is 7.29. The van der Waals surface area contributed by atoms with E-state index in [1.807, 2.05) is 0 Å². The maximum Gasteiger partial charge on any atom is 0.534 e. The summed E-state index contributed by atoms with van der Waals surface area (Å²) in [7, 11) is -4.45. The summed E-state index contributed by atoms with van der Waals surface area (Å²) in [5, 5.41) is 0. The van der Waals surface area contributed by atoms with Crippen molar-refractivity contribution in [2.75, 3.05) is 7.11 Å². The van der Waals surface area contributed by atoms with Crippen LogP contribution in [0.3, 0.4) is 0 Å². The van der Waals surface area contributed by atoms with Crippen molar-refractivity contribution in [3.63, 3.8) is 0 Å². The van der Waals surface area contributed by atoms with Gasteiger partial charge in [-0.3, -0.25) is 4.79 Å². The molecular formula is C11H15F3O5S. The summed E-state index contributed by atoms with van der Waals surface area (Å²) < 4.78 is 67.0. The number of halogens is 3.